The molecular formula is C17H26FN3. The number of hydrogen-bond donors (Lipinski definition) is 1. The second kappa shape index (κ2) is 6.42. The SMILES string of the molecule is Cc1cc(C(CN)N2CCC(N3CCCC3)C2)ccc1F. The number of nitrogens with two attached hydrogens (primary N) is 1. The summed E-state index contributed by atoms with van der Waals surface area (Å²) >= 11 is 0. The molecule has 4 heteroatoms. The maximum atomic E-state index is 13.5. The summed E-state index contributed by atoms with van der Waals surface area (Å²) in [7, 11) is 0. The molecule has 2 heterocycles. The summed E-state index contributed by atoms with van der Waals surface area (Å²) in [6, 6.07) is 6.32. The summed E-state index contributed by atoms with van der Waals surface area (Å²) in [6.07, 6.45) is 3.92. The standard InChI is InChI=1S/C17H26FN3/c1-13-10-14(4-5-16(13)18)17(11-19)21-9-6-15(12-21)20-7-2-3-8-20/h4-5,10,15,17H,2-3,6-9,11-12,19H2,1H3. The highest BCUT2D eigenvalue weighted by molar-refractivity contribution is 5.27. The topological polar surface area (TPSA) is 32.5 Å². The van der Waals surface area contributed by atoms with Crippen LogP contribution in [-0.4, -0.2) is 48.6 Å². The lowest BCUT2D eigenvalue weighted by Gasteiger charge is -2.29. The van der Waals surface area contributed by atoms with Crippen LogP contribution in [0.5, 0.6) is 0 Å². The van der Waals surface area contributed by atoms with Gasteiger partial charge in [-0.25, -0.2) is 4.39 Å². The summed E-state index contributed by atoms with van der Waals surface area (Å²) < 4.78 is 13.5. The zero-order chi connectivity index (χ0) is 14.8. The highest BCUT2D eigenvalue weighted by atomic mass is 19.1. The van der Waals surface area contributed by atoms with Crippen molar-refractivity contribution in [2.75, 3.05) is 32.7 Å². The molecule has 2 aliphatic rings. The summed E-state index contributed by atoms with van der Waals surface area (Å²) in [5.74, 6) is -0.133. The van der Waals surface area contributed by atoms with E-state index in [0.717, 1.165) is 18.7 Å². The van der Waals surface area contributed by atoms with Crippen LogP contribution in [0.4, 0.5) is 4.39 Å². The second-order valence-corrected chi connectivity index (χ2v) is 6.44. The molecule has 0 saturated carbocycles. The third-order valence-electron chi connectivity index (χ3n) is 5.08. The molecule has 3 rings (SSSR count). The Balaban J connectivity index is 1.70. The van der Waals surface area contributed by atoms with Crippen LogP contribution in [0.3, 0.4) is 0 Å². The van der Waals surface area contributed by atoms with Gasteiger partial charge in [0.1, 0.15) is 5.82 Å². The average Bonchev–Trinajstić information content (AvgIpc) is 3.14. The first-order valence-corrected chi connectivity index (χ1v) is 8.13. The Morgan fingerprint density at radius 3 is 2.71 bits per heavy atom. The fourth-order valence-corrected chi connectivity index (χ4v) is 3.83. The van der Waals surface area contributed by atoms with Gasteiger partial charge in [0.15, 0.2) is 0 Å². The van der Waals surface area contributed by atoms with Gasteiger partial charge in [-0.2, -0.15) is 0 Å². The molecule has 2 atom stereocenters. The van der Waals surface area contributed by atoms with E-state index in [9.17, 15) is 4.39 Å². The first-order chi connectivity index (χ1) is 10.2. The monoisotopic (exact) mass is 291 g/mol. The Morgan fingerprint density at radius 2 is 2.05 bits per heavy atom. The molecule has 0 spiro atoms. The van der Waals surface area contributed by atoms with E-state index in [2.05, 4.69) is 9.80 Å². The minimum absolute atomic E-state index is 0.133. The summed E-state index contributed by atoms with van der Waals surface area (Å²) in [6.45, 7) is 7.11. The molecule has 1 aromatic rings. The van der Waals surface area contributed by atoms with E-state index in [-0.39, 0.29) is 11.9 Å². The van der Waals surface area contributed by atoms with Gasteiger partial charge in [-0.1, -0.05) is 12.1 Å². The smallest absolute Gasteiger partial charge is 0.126 e. The Hall–Kier alpha value is -0.970. The summed E-state index contributed by atoms with van der Waals surface area (Å²) in [5, 5.41) is 0. The fraction of sp³-hybridized carbons (Fsp3) is 0.647. The predicted octanol–water partition coefficient (Wildman–Crippen LogP) is 2.30. The lowest BCUT2D eigenvalue weighted by molar-refractivity contribution is 0.203. The number of nitrogens with zero attached hydrogens (tertiary/aromatic N) is 2. The maximum Gasteiger partial charge on any atom is 0.126 e. The van der Waals surface area contributed by atoms with Gasteiger partial charge in [0, 0.05) is 31.7 Å². The van der Waals surface area contributed by atoms with Crippen LogP contribution < -0.4 is 5.73 Å². The van der Waals surface area contributed by atoms with Crippen LogP contribution in [0.25, 0.3) is 0 Å². The Morgan fingerprint density at radius 1 is 1.29 bits per heavy atom. The molecule has 0 radical (unpaired) electrons. The molecule has 2 saturated heterocycles. The van der Waals surface area contributed by atoms with Crippen LogP contribution in [0, 0.1) is 12.7 Å². The quantitative estimate of drug-likeness (QED) is 0.924. The maximum absolute atomic E-state index is 13.5. The van der Waals surface area contributed by atoms with Gasteiger partial charge in [0.2, 0.25) is 0 Å². The van der Waals surface area contributed by atoms with Crippen LogP contribution in [0.1, 0.15) is 36.4 Å². The second-order valence-electron chi connectivity index (χ2n) is 6.44. The Bertz CT molecular complexity index is 485. The van der Waals surface area contributed by atoms with Crippen molar-refractivity contribution in [1.29, 1.82) is 0 Å². The van der Waals surface area contributed by atoms with Gasteiger partial charge >= 0.3 is 0 Å². The normalized spacial score (nSPS) is 25.6. The van der Waals surface area contributed by atoms with E-state index in [1.807, 2.05) is 19.1 Å². The molecule has 1 aromatic carbocycles. The van der Waals surface area contributed by atoms with E-state index in [1.165, 1.54) is 32.4 Å². The molecule has 2 aliphatic heterocycles. The van der Waals surface area contributed by atoms with Crippen molar-refractivity contribution in [2.45, 2.75) is 38.3 Å². The zero-order valence-electron chi connectivity index (χ0n) is 12.9. The van der Waals surface area contributed by atoms with Gasteiger partial charge in [-0.05, 0) is 56.5 Å². The lowest BCUT2D eigenvalue weighted by atomic mass is 10.0. The molecule has 3 nitrogen and oxygen atoms in total. The zero-order valence-corrected chi connectivity index (χ0v) is 12.9. The number of aryl methyl sites for hydroxylation is 1. The minimum atomic E-state index is -0.133. The minimum Gasteiger partial charge on any atom is -0.329 e. The van der Waals surface area contributed by atoms with E-state index >= 15 is 0 Å². The van der Waals surface area contributed by atoms with E-state index < -0.39 is 0 Å². The first kappa shape index (κ1) is 14.9. The van der Waals surface area contributed by atoms with E-state index in [1.54, 1.807) is 6.07 Å². The lowest BCUT2D eigenvalue weighted by Crippen LogP contribution is -2.38. The predicted molar refractivity (Wildman–Crippen MR) is 83.7 cm³/mol. The molecule has 0 aromatic heterocycles. The third kappa shape index (κ3) is 3.12. The molecule has 0 bridgehead atoms. The van der Waals surface area contributed by atoms with E-state index in [4.69, 9.17) is 5.73 Å². The van der Waals surface area contributed by atoms with Crippen molar-refractivity contribution in [2.24, 2.45) is 5.73 Å². The van der Waals surface area contributed by atoms with Crippen molar-refractivity contribution in [1.82, 2.24) is 9.80 Å². The molecule has 0 amide bonds. The van der Waals surface area contributed by atoms with Gasteiger partial charge in [0.05, 0.1) is 0 Å². The number of hydrogen-bond acceptors (Lipinski definition) is 3. The van der Waals surface area contributed by atoms with Crippen LogP contribution >= 0.6 is 0 Å². The van der Waals surface area contributed by atoms with Crippen LogP contribution in [0.15, 0.2) is 18.2 Å². The number of rotatable bonds is 4. The molecule has 2 N–H and O–H groups in total. The van der Waals surface area contributed by atoms with Gasteiger partial charge in [0.25, 0.3) is 0 Å². The van der Waals surface area contributed by atoms with Gasteiger partial charge in [-0.15, -0.1) is 0 Å². The molecule has 2 fully saturated rings. The van der Waals surface area contributed by atoms with Crippen molar-refractivity contribution in [3.05, 3.63) is 35.1 Å². The largest absolute Gasteiger partial charge is 0.329 e. The van der Waals surface area contributed by atoms with Gasteiger partial charge in [-0.3, -0.25) is 9.80 Å². The number of halogens is 1. The number of likely N-dealkylation sites (tertiary alicyclic amines) is 2. The van der Waals surface area contributed by atoms with Gasteiger partial charge < -0.3 is 5.73 Å². The van der Waals surface area contributed by atoms with Crippen molar-refractivity contribution in [3.63, 3.8) is 0 Å². The van der Waals surface area contributed by atoms with Crippen molar-refractivity contribution < 1.29 is 4.39 Å². The fourth-order valence-electron chi connectivity index (χ4n) is 3.83. The summed E-state index contributed by atoms with van der Waals surface area (Å²) in [5.41, 5.74) is 7.88. The molecular weight excluding hydrogens is 265 g/mol. The van der Waals surface area contributed by atoms with Crippen LogP contribution in [-0.2, 0) is 0 Å². The van der Waals surface area contributed by atoms with Crippen LogP contribution in [0.2, 0.25) is 0 Å². The van der Waals surface area contributed by atoms with Crippen molar-refractivity contribution in [3.8, 4) is 0 Å². The molecule has 21 heavy (non-hydrogen) atoms. The molecule has 116 valence electrons. The molecule has 2 unspecified atom stereocenters. The first-order valence-electron chi connectivity index (χ1n) is 8.13. The van der Waals surface area contributed by atoms with Crippen molar-refractivity contribution >= 4 is 0 Å². The Kier molecular flexibility index (Phi) is 4.57. The third-order valence-corrected chi connectivity index (χ3v) is 5.08. The highest BCUT2D eigenvalue weighted by Gasteiger charge is 2.32. The summed E-state index contributed by atoms with van der Waals surface area (Å²) in [4.78, 5) is 5.11. The Labute approximate surface area is 126 Å². The van der Waals surface area contributed by atoms with E-state index in [0.29, 0.717) is 18.2 Å². The highest BCUT2D eigenvalue weighted by Crippen LogP contribution is 2.28. The average molecular weight is 291 g/mol. The molecule has 0 aliphatic carbocycles. The number of benzene rings is 1.